The van der Waals surface area contributed by atoms with Crippen molar-refractivity contribution in [2.75, 3.05) is 10.6 Å². The molecule has 2 aromatic rings. The van der Waals surface area contributed by atoms with Crippen molar-refractivity contribution in [1.82, 2.24) is 0 Å². The number of carbonyl (C=O) groups excluding carboxylic acids is 3. The summed E-state index contributed by atoms with van der Waals surface area (Å²) in [5, 5.41) is 6.19. The molecule has 0 spiro atoms. The molecule has 5 nitrogen and oxygen atoms in total. The average Bonchev–Trinajstić information content (AvgIpc) is 2.77. The van der Waals surface area contributed by atoms with Crippen LogP contribution in [0, 0.1) is 5.92 Å². The number of thioether (sulfide) groups is 1. The number of hydrogen-bond donors (Lipinski definition) is 2. The Hall–Kier alpha value is -2.86. The fraction of sp³-hybridized carbons (Fsp3) is 0.346. The highest BCUT2D eigenvalue weighted by atomic mass is 32.2. The molecule has 0 saturated heterocycles. The molecule has 2 aliphatic rings. The van der Waals surface area contributed by atoms with E-state index >= 15 is 0 Å². The topological polar surface area (TPSA) is 75.3 Å². The molecule has 1 aliphatic carbocycles. The van der Waals surface area contributed by atoms with Gasteiger partial charge in [0.25, 0.3) is 5.91 Å². The SMILES string of the molecule is CC(C)c1cccc(C(C)C)c1NC(=O)C(=O)[C@@H]1CCC2=C(Sc3ccccc3N2)C1=O. The van der Waals surface area contributed by atoms with Gasteiger partial charge in [-0.3, -0.25) is 14.4 Å². The first kappa shape index (κ1) is 22.3. The van der Waals surface area contributed by atoms with Crippen molar-refractivity contribution in [3.8, 4) is 0 Å². The van der Waals surface area contributed by atoms with Gasteiger partial charge in [-0.2, -0.15) is 0 Å². The molecular formula is C26H28N2O3S. The zero-order valence-corrected chi connectivity index (χ0v) is 19.6. The van der Waals surface area contributed by atoms with E-state index in [2.05, 4.69) is 38.3 Å². The van der Waals surface area contributed by atoms with E-state index in [-0.39, 0.29) is 17.6 Å². The highest BCUT2D eigenvalue weighted by Gasteiger charge is 2.39. The van der Waals surface area contributed by atoms with Crippen LogP contribution >= 0.6 is 11.8 Å². The minimum atomic E-state index is -0.943. The Kier molecular flexibility index (Phi) is 6.24. The summed E-state index contributed by atoms with van der Waals surface area (Å²) in [4.78, 5) is 40.8. The molecular weight excluding hydrogens is 420 g/mol. The molecule has 6 heteroatoms. The Morgan fingerprint density at radius 2 is 1.66 bits per heavy atom. The monoisotopic (exact) mass is 448 g/mol. The van der Waals surface area contributed by atoms with Crippen molar-refractivity contribution in [3.05, 3.63) is 64.2 Å². The molecule has 1 amide bonds. The van der Waals surface area contributed by atoms with E-state index in [0.717, 1.165) is 27.4 Å². The zero-order valence-electron chi connectivity index (χ0n) is 18.8. The second kappa shape index (κ2) is 8.94. The van der Waals surface area contributed by atoms with Gasteiger partial charge in [0, 0.05) is 16.3 Å². The number of nitrogens with one attached hydrogen (secondary N) is 2. The standard InChI is InChI=1S/C26H28N2O3S/c1-14(2)16-8-7-9-17(15(3)4)22(16)28-26(31)24(30)18-12-13-20-25(23(18)29)32-21-11-6-5-10-19(21)27-20/h5-11,14-15,18,27H,12-13H2,1-4H3,(H,28,31)/t18-/m1/s1. The lowest BCUT2D eigenvalue weighted by Crippen LogP contribution is -2.38. The first-order chi connectivity index (χ1) is 15.3. The lowest BCUT2D eigenvalue weighted by Gasteiger charge is -2.29. The molecule has 0 saturated carbocycles. The molecule has 32 heavy (non-hydrogen) atoms. The Bertz CT molecular complexity index is 1110. The second-order valence-corrected chi connectivity index (χ2v) is 9.98. The van der Waals surface area contributed by atoms with Crippen LogP contribution in [0.25, 0.3) is 0 Å². The third-order valence-electron chi connectivity index (χ3n) is 6.03. The van der Waals surface area contributed by atoms with Gasteiger partial charge < -0.3 is 10.6 Å². The van der Waals surface area contributed by atoms with E-state index in [1.54, 1.807) is 0 Å². The first-order valence-corrected chi connectivity index (χ1v) is 11.9. The van der Waals surface area contributed by atoms with E-state index in [1.165, 1.54) is 11.8 Å². The fourth-order valence-electron chi connectivity index (χ4n) is 4.28. The minimum absolute atomic E-state index is 0.188. The number of hydrogen-bond acceptors (Lipinski definition) is 5. The number of anilines is 2. The van der Waals surface area contributed by atoms with Crippen LogP contribution in [0.15, 0.2) is 58.0 Å². The third kappa shape index (κ3) is 4.11. The summed E-state index contributed by atoms with van der Waals surface area (Å²) in [5.74, 6) is -2.20. The van der Waals surface area contributed by atoms with Crippen LogP contribution in [0.1, 0.15) is 63.5 Å². The number of rotatable bonds is 5. The van der Waals surface area contributed by atoms with Crippen LogP contribution in [0.3, 0.4) is 0 Å². The summed E-state index contributed by atoms with van der Waals surface area (Å²) in [7, 11) is 0. The summed E-state index contributed by atoms with van der Waals surface area (Å²) >= 11 is 1.38. The van der Waals surface area contributed by atoms with Gasteiger partial charge in [-0.1, -0.05) is 69.8 Å². The first-order valence-electron chi connectivity index (χ1n) is 11.1. The number of allylic oxidation sites excluding steroid dienone is 2. The molecule has 0 aromatic heterocycles. The summed E-state index contributed by atoms with van der Waals surface area (Å²) in [6.07, 6.45) is 0.897. The van der Waals surface area contributed by atoms with Crippen molar-refractivity contribution in [1.29, 1.82) is 0 Å². The van der Waals surface area contributed by atoms with Gasteiger partial charge in [0.15, 0.2) is 5.78 Å². The number of Topliss-reactive ketones (excluding diaryl/α,β-unsaturated/α-hetero) is 2. The summed E-state index contributed by atoms with van der Waals surface area (Å²) in [6.45, 7) is 8.23. The lowest BCUT2D eigenvalue weighted by molar-refractivity contribution is -0.140. The summed E-state index contributed by atoms with van der Waals surface area (Å²) in [5.41, 5.74) is 4.48. The Morgan fingerprint density at radius 3 is 2.31 bits per heavy atom. The predicted molar refractivity (Wildman–Crippen MR) is 129 cm³/mol. The zero-order chi connectivity index (χ0) is 23.0. The molecule has 0 fully saturated rings. The van der Waals surface area contributed by atoms with Crippen molar-refractivity contribution in [2.24, 2.45) is 5.92 Å². The smallest absolute Gasteiger partial charge is 0.292 e. The van der Waals surface area contributed by atoms with Crippen LogP contribution < -0.4 is 10.6 Å². The quantitative estimate of drug-likeness (QED) is 0.443. The van der Waals surface area contributed by atoms with E-state index in [4.69, 9.17) is 0 Å². The van der Waals surface area contributed by atoms with Crippen LogP contribution in [-0.4, -0.2) is 17.5 Å². The van der Waals surface area contributed by atoms with E-state index in [0.29, 0.717) is 23.4 Å². The Labute approximate surface area is 193 Å². The van der Waals surface area contributed by atoms with Gasteiger partial charge in [-0.15, -0.1) is 0 Å². The molecule has 1 atom stereocenters. The highest BCUT2D eigenvalue weighted by Crippen LogP contribution is 2.45. The Balaban J connectivity index is 1.56. The number of para-hydroxylation sites is 2. The van der Waals surface area contributed by atoms with Gasteiger partial charge in [0.05, 0.1) is 16.5 Å². The second-order valence-electron chi connectivity index (χ2n) is 8.93. The van der Waals surface area contributed by atoms with E-state index in [9.17, 15) is 14.4 Å². The van der Waals surface area contributed by atoms with Gasteiger partial charge in [-0.25, -0.2) is 0 Å². The number of fused-ring (bicyclic) bond motifs is 1. The maximum absolute atomic E-state index is 13.2. The molecule has 0 radical (unpaired) electrons. The van der Waals surface area contributed by atoms with Gasteiger partial charge in [0.1, 0.15) is 0 Å². The van der Waals surface area contributed by atoms with Crippen LogP contribution in [0.2, 0.25) is 0 Å². The highest BCUT2D eigenvalue weighted by molar-refractivity contribution is 8.04. The number of ketones is 2. The van der Waals surface area contributed by atoms with Gasteiger partial charge >= 0.3 is 0 Å². The van der Waals surface area contributed by atoms with Crippen molar-refractivity contribution in [3.63, 3.8) is 0 Å². The van der Waals surface area contributed by atoms with Crippen LogP contribution in [-0.2, 0) is 14.4 Å². The maximum atomic E-state index is 13.2. The molecule has 2 N–H and O–H groups in total. The van der Waals surface area contributed by atoms with E-state index in [1.807, 2.05) is 42.5 Å². The summed E-state index contributed by atoms with van der Waals surface area (Å²) < 4.78 is 0. The largest absolute Gasteiger partial charge is 0.357 e. The average molecular weight is 449 g/mol. The number of amides is 1. The Morgan fingerprint density at radius 1 is 1.00 bits per heavy atom. The molecule has 2 aromatic carbocycles. The van der Waals surface area contributed by atoms with Crippen LogP contribution in [0.5, 0.6) is 0 Å². The molecule has 0 bridgehead atoms. The van der Waals surface area contributed by atoms with Crippen LogP contribution in [0.4, 0.5) is 11.4 Å². The number of carbonyl (C=O) groups is 3. The third-order valence-corrected chi connectivity index (χ3v) is 7.26. The van der Waals surface area contributed by atoms with E-state index < -0.39 is 17.6 Å². The lowest BCUT2D eigenvalue weighted by atomic mass is 9.86. The van der Waals surface area contributed by atoms with Crippen molar-refractivity contribution >= 4 is 40.6 Å². The predicted octanol–water partition coefficient (Wildman–Crippen LogP) is 5.85. The van der Waals surface area contributed by atoms with Gasteiger partial charge in [-0.05, 0) is 47.9 Å². The van der Waals surface area contributed by atoms with Gasteiger partial charge in [0.2, 0.25) is 5.78 Å². The molecule has 0 unspecified atom stereocenters. The normalized spacial score (nSPS) is 17.7. The number of benzene rings is 2. The minimum Gasteiger partial charge on any atom is -0.357 e. The molecule has 4 rings (SSSR count). The molecule has 1 heterocycles. The summed E-state index contributed by atoms with van der Waals surface area (Å²) in [6, 6.07) is 13.7. The van der Waals surface area contributed by atoms with Crippen molar-refractivity contribution < 1.29 is 14.4 Å². The molecule has 1 aliphatic heterocycles. The fourth-order valence-corrected chi connectivity index (χ4v) is 5.40. The van der Waals surface area contributed by atoms with Crippen molar-refractivity contribution in [2.45, 2.75) is 57.3 Å². The molecule has 166 valence electrons. The maximum Gasteiger partial charge on any atom is 0.292 e.